The van der Waals surface area contributed by atoms with Gasteiger partial charge >= 0.3 is 5.97 Å². The van der Waals surface area contributed by atoms with Crippen molar-refractivity contribution >= 4 is 28.6 Å². The largest absolute Gasteiger partial charge is 0.507 e. The van der Waals surface area contributed by atoms with Gasteiger partial charge in [0.1, 0.15) is 17.5 Å². The summed E-state index contributed by atoms with van der Waals surface area (Å²) in [5.74, 6) is -0.367. The molecule has 0 aromatic heterocycles. The molecule has 2 rings (SSSR count). The molecule has 6 nitrogen and oxygen atoms in total. The Morgan fingerprint density at radius 3 is 2.50 bits per heavy atom. The first-order chi connectivity index (χ1) is 10.4. The molecule has 22 heavy (non-hydrogen) atoms. The molecule has 2 aromatic rings. The Labute approximate surface area is 140 Å². The first kappa shape index (κ1) is 16.4. The molecule has 0 aliphatic heterocycles. The van der Waals surface area contributed by atoms with Gasteiger partial charge in [-0.1, -0.05) is 6.07 Å². The maximum atomic E-state index is 10.7. The van der Waals surface area contributed by atoms with Crippen molar-refractivity contribution in [3.63, 3.8) is 0 Å². The van der Waals surface area contributed by atoms with E-state index in [2.05, 4.69) is 0 Å². The van der Waals surface area contributed by atoms with Crippen LogP contribution in [0.2, 0.25) is 0 Å². The summed E-state index contributed by atoms with van der Waals surface area (Å²) in [7, 11) is 0. The van der Waals surface area contributed by atoms with E-state index in [4.69, 9.17) is 15.6 Å². The molecule has 5 N–H and O–H groups in total. The van der Waals surface area contributed by atoms with E-state index in [-0.39, 0.29) is 23.7 Å². The van der Waals surface area contributed by atoms with E-state index in [9.17, 15) is 15.0 Å². The number of aromatic hydroxyl groups is 2. The molecule has 7 heteroatoms. The maximum absolute atomic E-state index is 10.7. The van der Waals surface area contributed by atoms with E-state index in [0.29, 0.717) is 14.9 Å². The average molecular weight is 415 g/mol. The number of benzene rings is 2. The quantitative estimate of drug-likeness (QED) is 0.559. The number of hydrogen-bond acceptors (Lipinski definition) is 5. The van der Waals surface area contributed by atoms with E-state index in [1.54, 1.807) is 24.3 Å². The zero-order valence-corrected chi connectivity index (χ0v) is 13.5. The molecule has 0 bridgehead atoms. The Kier molecular flexibility index (Phi) is 5.09. The molecule has 0 spiro atoms. The van der Waals surface area contributed by atoms with Crippen molar-refractivity contribution in [3.8, 4) is 23.0 Å². The summed E-state index contributed by atoms with van der Waals surface area (Å²) < 4.78 is 6.16. The van der Waals surface area contributed by atoms with E-state index in [1.165, 1.54) is 12.1 Å². The summed E-state index contributed by atoms with van der Waals surface area (Å²) in [5, 5.41) is 28.2. The van der Waals surface area contributed by atoms with Gasteiger partial charge in [0.25, 0.3) is 0 Å². The molecular weight excluding hydrogens is 401 g/mol. The SMILES string of the molecule is N[C@@H](Cc1ccc(Oc2ccc(O)c(I)c2)c(O)c1)C(=O)O. The zero-order chi connectivity index (χ0) is 16.3. The lowest BCUT2D eigenvalue weighted by Gasteiger charge is -2.11. The number of halogens is 1. The molecule has 0 aliphatic rings. The number of carbonyl (C=O) groups is 1. The van der Waals surface area contributed by atoms with Crippen molar-refractivity contribution in [2.45, 2.75) is 12.5 Å². The van der Waals surface area contributed by atoms with Crippen LogP contribution in [-0.2, 0) is 11.2 Å². The molecule has 2 aromatic carbocycles. The van der Waals surface area contributed by atoms with Crippen LogP contribution in [0.5, 0.6) is 23.0 Å². The van der Waals surface area contributed by atoms with Crippen molar-refractivity contribution in [1.29, 1.82) is 0 Å². The highest BCUT2D eigenvalue weighted by molar-refractivity contribution is 14.1. The van der Waals surface area contributed by atoms with E-state index in [0.717, 1.165) is 0 Å². The van der Waals surface area contributed by atoms with Gasteiger partial charge in [0.05, 0.1) is 3.57 Å². The Balaban J connectivity index is 2.15. The van der Waals surface area contributed by atoms with Crippen molar-refractivity contribution < 1.29 is 24.9 Å². The molecule has 1 atom stereocenters. The fourth-order valence-corrected chi connectivity index (χ4v) is 2.28. The molecule has 0 amide bonds. The summed E-state index contributed by atoms with van der Waals surface area (Å²) in [4.78, 5) is 10.7. The summed E-state index contributed by atoms with van der Waals surface area (Å²) in [6.07, 6.45) is 0.111. The Bertz CT molecular complexity index is 704. The third-order valence-corrected chi connectivity index (χ3v) is 3.81. The smallest absolute Gasteiger partial charge is 0.320 e. The third kappa shape index (κ3) is 4.01. The molecule has 0 unspecified atom stereocenters. The number of rotatable bonds is 5. The lowest BCUT2D eigenvalue weighted by Crippen LogP contribution is -2.32. The molecule has 0 saturated heterocycles. The lowest BCUT2D eigenvalue weighted by molar-refractivity contribution is -0.138. The van der Waals surface area contributed by atoms with E-state index >= 15 is 0 Å². The Morgan fingerprint density at radius 1 is 1.18 bits per heavy atom. The summed E-state index contributed by atoms with van der Waals surface area (Å²) in [6, 6.07) is 8.28. The monoisotopic (exact) mass is 415 g/mol. The molecule has 116 valence electrons. The maximum Gasteiger partial charge on any atom is 0.320 e. The van der Waals surface area contributed by atoms with Gasteiger partial charge in [-0.15, -0.1) is 0 Å². The van der Waals surface area contributed by atoms with Crippen molar-refractivity contribution in [3.05, 3.63) is 45.5 Å². The first-order valence-electron chi connectivity index (χ1n) is 6.33. The van der Waals surface area contributed by atoms with Gasteiger partial charge in [0, 0.05) is 0 Å². The van der Waals surface area contributed by atoms with E-state index in [1.807, 2.05) is 22.6 Å². The highest BCUT2D eigenvalue weighted by Gasteiger charge is 2.14. The molecule has 0 fully saturated rings. The molecule has 0 saturated carbocycles. The summed E-state index contributed by atoms with van der Waals surface area (Å²) in [6.45, 7) is 0. The topological polar surface area (TPSA) is 113 Å². The van der Waals surface area contributed by atoms with E-state index < -0.39 is 12.0 Å². The van der Waals surface area contributed by atoms with Crippen molar-refractivity contribution in [2.24, 2.45) is 5.73 Å². The van der Waals surface area contributed by atoms with Gasteiger partial charge in [0.2, 0.25) is 0 Å². The van der Waals surface area contributed by atoms with Crippen LogP contribution in [0.3, 0.4) is 0 Å². The third-order valence-electron chi connectivity index (χ3n) is 2.94. The number of nitrogens with two attached hydrogens (primary N) is 1. The standard InChI is InChI=1S/C15H14INO5/c16-10-7-9(2-3-12(10)18)22-14-4-1-8(6-13(14)19)5-11(17)15(20)21/h1-4,6-7,11,18-19H,5,17H2,(H,20,21)/t11-/m0/s1. The van der Waals surface area contributed by atoms with Crippen LogP contribution in [0, 0.1) is 3.57 Å². The number of ether oxygens (including phenoxy) is 1. The first-order valence-corrected chi connectivity index (χ1v) is 7.41. The summed E-state index contributed by atoms with van der Waals surface area (Å²) >= 11 is 1.96. The fourth-order valence-electron chi connectivity index (χ4n) is 1.80. The van der Waals surface area contributed by atoms with Gasteiger partial charge in [-0.25, -0.2) is 0 Å². The van der Waals surface area contributed by atoms with Crippen LogP contribution in [0.25, 0.3) is 0 Å². The predicted octanol–water partition coefficient (Wildman–Crippen LogP) is 2.45. The highest BCUT2D eigenvalue weighted by Crippen LogP contribution is 2.33. The number of carboxylic acids is 1. The fraction of sp³-hybridized carbons (Fsp3) is 0.133. The molecule has 0 heterocycles. The van der Waals surface area contributed by atoms with Crippen molar-refractivity contribution in [1.82, 2.24) is 0 Å². The number of hydrogen-bond donors (Lipinski definition) is 4. The van der Waals surface area contributed by atoms with Gasteiger partial charge in [0.15, 0.2) is 11.5 Å². The molecular formula is C15H14INO5. The van der Waals surface area contributed by atoms with Gasteiger partial charge in [-0.05, 0) is 64.9 Å². The minimum Gasteiger partial charge on any atom is -0.507 e. The number of phenolic OH excluding ortho intramolecular Hbond substituents is 2. The second-order valence-electron chi connectivity index (χ2n) is 4.67. The van der Waals surface area contributed by atoms with Gasteiger partial charge in [-0.3, -0.25) is 4.79 Å². The van der Waals surface area contributed by atoms with Crippen LogP contribution in [-0.4, -0.2) is 27.3 Å². The Hall–Kier alpha value is -2.00. The van der Waals surface area contributed by atoms with Crippen LogP contribution in [0.4, 0.5) is 0 Å². The van der Waals surface area contributed by atoms with Crippen LogP contribution >= 0.6 is 22.6 Å². The second kappa shape index (κ2) is 6.84. The highest BCUT2D eigenvalue weighted by atomic mass is 127. The predicted molar refractivity (Wildman–Crippen MR) is 88.3 cm³/mol. The minimum absolute atomic E-state index is 0.111. The lowest BCUT2D eigenvalue weighted by atomic mass is 10.1. The molecule has 0 radical (unpaired) electrons. The summed E-state index contributed by atoms with van der Waals surface area (Å²) in [5.41, 5.74) is 6.05. The number of phenols is 2. The molecule has 0 aliphatic carbocycles. The minimum atomic E-state index is -1.10. The van der Waals surface area contributed by atoms with Crippen LogP contribution < -0.4 is 10.5 Å². The average Bonchev–Trinajstić information content (AvgIpc) is 2.45. The van der Waals surface area contributed by atoms with Gasteiger partial charge < -0.3 is 25.8 Å². The number of carboxylic acid groups (broad SMARTS) is 1. The second-order valence-corrected chi connectivity index (χ2v) is 5.83. The number of aliphatic carboxylic acids is 1. The van der Waals surface area contributed by atoms with Gasteiger partial charge in [-0.2, -0.15) is 0 Å². The van der Waals surface area contributed by atoms with Crippen molar-refractivity contribution in [2.75, 3.05) is 0 Å². The van der Waals surface area contributed by atoms with Crippen LogP contribution in [0.1, 0.15) is 5.56 Å². The normalized spacial score (nSPS) is 11.9. The zero-order valence-electron chi connectivity index (χ0n) is 11.4. The Morgan fingerprint density at radius 2 is 1.91 bits per heavy atom. The van der Waals surface area contributed by atoms with Crippen LogP contribution in [0.15, 0.2) is 36.4 Å².